The Bertz CT molecular complexity index is 787. The Morgan fingerprint density at radius 1 is 1.07 bits per heavy atom. The zero-order valence-electron chi connectivity index (χ0n) is 17.4. The van der Waals surface area contributed by atoms with E-state index in [1.54, 1.807) is 5.48 Å². The summed E-state index contributed by atoms with van der Waals surface area (Å²) in [5, 5.41) is 21.4. The average Bonchev–Trinajstić information content (AvgIpc) is 3.28. The maximum atomic E-state index is 11.6. The van der Waals surface area contributed by atoms with Crippen molar-refractivity contribution in [2.45, 2.75) is 38.5 Å². The van der Waals surface area contributed by atoms with Crippen LogP contribution in [0.5, 0.6) is 5.75 Å². The molecule has 1 aliphatic rings. The number of hydrogen-bond acceptors (Lipinski definition) is 6. The summed E-state index contributed by atoms with van der Waals surface area (Å²) in [4.78, 5) is 14.0. The summed E-state index contributed by atoms with van der Waals surface area (Å²) < 4.78 is 5.86. The van der Waals surface area contributed by atoms with Crippen LogP contribution in [0.25, 0.3) is 11.1 Å². The van der Waals surface area contributed by atoms with Gasteiger partial charge in [0.15, 0.2) is 0 Å². The highest BCUT2D eigenvalue weighted by atomic mass is 16.5. The molecule has 0 spiro atoms. The Morgan fingerprint density at radius 2 is 1.67 bits per heavy atom. The first-order chi connectivity index (χ1) is 14.6. The lowest BCUT2D eigenvalue weighted by molar-refractivity contribution is -0.134. The topological polar surface area (TPSA) is 94.1 Å². The van der Waals surface area contributed by atoms with Crippen molar-refractivity contribution in [1.82, 2.24) is 15.7 Å². The highest BCUT2D eigenvalue weighted by Gasteiger charge is 2.22. The summed E-state index contributed by atoms with van der Waals surface area (Å²) in [5.74, 6) is 0.217. The van der Waals surface area contributed by atoms with Crippen LogP contribution in [0, 0.1) is 0 Å². The number of nitrogens with zero attached hydrogens (tertiary/aromatic N) is 1. The maximum Gasteiger partial charge on any atom is 0.263 e. The minimum Gasteiger partial charge on any atom is -0.492 e. The summed E-state index contributed by atoms with van der Waals surface area (Å²) in [6.07, 6.45) is 1.67. The molecule has 4 N–H and O–H groups in total. The smallest absolute Gasteiger partial charge is 0.263 e. The first-order valence-corrected chi connectivity index (χ1v) is 10.5. The van der Waals surface area contributed by atoms with Gasteiger partial charge in [-0.25, -0.2) is 5.48 Å². The molecule has 2 aromatic rings. The molecule has 2 aromatic carbocycles. The molecule has 1 fully saturated rings. The molecule has 30 heavy (non-hydrogen) atoms. The molecule has 162 valence electrons. The van der Waals surface area contributed by atoms with E-state index in [4.69, 9.17) is 9.94 Å². The molecule has 0 aliphatic carbocycles. The highest BCUT2D eigenvalue weighted by Crippen LogP contribution is 2.23. The highest BCUT2D eigenvalue weighted by molar-refractivity contribution is 5.81. The van der Waals surface area contributed by atoms with Gasteiger partial charge in [0.25, 0.3) is 5.91 Å². The molecular weight excluding hydrogens is 382 g/mol. The second-order valence-corrected chi connectivity index (χ2v) is 7.69. The number of aliphatic hydroxyl groups is 1. The molecule has 0 aromatic heterocycles. The Hall–Kier alpha value is -2.45. The molecule has 1 aliphatic heterocycles. The Balaban J connectivity index is 1.50. The molecule has 7 nitrogen and oxygen atoms in total. The molecule has 1 amide bonds. The zero-order valence-corrected chi connectivity index (χ0v) is 17.4. The first-order valence-electron chi connectivity index (χ1n) is 10.5. The minimum atomic E-state index is -0.924. The van der Waals surface area contributed by atoms with Crippen LogP contribution in [0.2, 0.25) is 0 Å². The SMILES string of the molecule is C[C@@H](O)[C@H](NCc1ccc(-c2ccc(OCCN3CCCC3)cc2)cc1)C(=O)NO. The van der Waals surface area contributed by atoms with E-state index < -0.39 is 18.1 Å². The van der Waals surface area contributed by atoms with Crippen molar-refractivity contribution in [2.24, 2.45) is 0 Å². The molecule has 0 saturated carbocycles. The summed E-state index contributed by atoms with van der Waals surface area (Å²) >= 11 is 0. The predicted octanol–water partition coefficient (Wildman–Crippen LogP) is 2.17. The monoisotopic (exact) mass is 413 g/mol. The number of hydrogen-bond donors (Lipinski definition) is 4. The van der Waals surface area contributed by atoms with Crippen LogP contribution in [0.15, 0.2) is 48.5 Å². The number of aliphatic hydroxyl groups excluding tert-OH is 1. The van der Waals surface area contributed by atoms with Gasteiger partial charge >= 0.3 is 0 Å². The number of amides is 1. The quantitative estimate of drug-likeness (QED) is 0.352. The second kappa shape index (κ2) is 11.1. The van der Waals surface area contributed by atoms with Crippen molar-refractivity contribution in [2.75, 3.05) is 26.2 Å². The normalized spacial score (nSPS) is 16.2. The number of benzene rings is 2. The molecule has 7 heteroatoms. The van der Waals surface area contributed by atoms with Gasteiger partial charge in [-0.2, -0.15) is 0 Å². The fourth-order valence-corrected chi connectivity index (χ4v) is 3.64. The molecule has 0 bridgehead atoms. The van der Waals surface area contributed by atoms with Crippen LogP contribution in [0.4, 0.5) is 0 Å². The van der Waals surface area contributed by atoms with E-state index in [2.05, 4.69) is 10.2 Å². The minimum absolute atomic E-state index is 0.396. The predicted molar refractivity (Wildman–Crippen MR) is 115 cm³/mol. The van der Waals surface area contributed by atoms with Gasteiger partial charge in [0, 0.05) is 13.1 Å². The lowest BCUT2D eigenvalue weighted by Crippen LogP contribution is -2.49. The Labute approximate surface area is 177 Å². The maximum absolute atomic E-state index is 11.6. The van der Waals surface area contributed by atoms with Crippen molar-refractivity contribution in [3.63, 3.8) is 0 Å². The van der Waals surface area contributed by atoms with Crippen molar-refractivity contribution < 1.29 is 19.8 Å². The third kappa shape index (κ3) is 6.27. The van der Waals surface area contributed by atoms with Gasteiger partial charge in [0.1, 0.15) is 18.4 Å². The molecular formula is C23H31N3O4. The summed E-state index contributed by atoms with van der Waals surface area (Å²) in [5.41, 5.74) is 4.73. The van der Waals surface area contributed by atoms with Gasteiger partial charge in [-0.3, -0.25) is 20.2 Å². The van der Waals surface area contributed by atoms with Crippen molar-refractivity contribution >= 4 is 5.91 Å². The van der Waals surface area contributed by atoms with Gasteiger partial charge in [0.05, 0.1) is 6.10 Å². The number of rotatable bonds is 10. The van der Waals surface area contributed by atoms with E-state index in [1.165, 1.54) is 32.9 Å². The molecule has 0 unspecified atom stereocenters. The second-order valence-electron chi connectivity index (χ2n) is 7.69. The van der Waals surface area contributed by atoms with Gasteiger partial charge in [-0.05, 0) is 61.7 Å². The number of hydroxylamine groups is 1. The molecule has 0 radical (unpaired) electrons. The lowest BCUT2D eigenvalue weighted by Gasteiger charge is -2.19. The third-order valence-electron chi connectivity index (χ3n) is 5.42. The van der Waals surface area contributed by atoms with E-state index in [9.17, 15) is 9.90 Å². The summed E-state index contributed by atoms with van der Waals surface area (Å²) in [6, 6.07) is 15.2. The number of ether oxygens (including phenoxy) is 1. The zero-order chi connectivity index (χ0) is 21.3. The van der Waals surface area contributed by atoms with E-state index >= 15 is 0 Å². The van der Waals surface area contributed by atoms with E-state index in [1.807, 2.05) is 48.5 Å². The number of nitrogens with one attached hydrogen (secondary N) is 2. The number of carbonyl (C=O) groups excluding carboxylic acids is 1. The Morgan fingerprint density at radius 3 is 2.23 bits per heavy atom. The number of carbonyl (C=O) groups is 1. The van der Waals surface area contributed by atoms with Crippen LogP contribution in [0.1, 0.15) is 25.3 Å². The van der Waals surface area contributed by atoms with Gasteiger partial charge < -0.3 is 9.84 Å². The first kappa shape index (κ1) is 22.2. The molecule has 2 atom stereocenters. The lowest BCUT2D eigenvalue weighted by atomic mass is 10.0. The van der Waals surface area contributed by atoms with Crippen molar-refractivity contribution in [3.8, 4) is 16.9 Å². The van der Waals surface area contributed by atoms with Crippen LogP contribution in [0.3, 0.4) is 0 Å². The summed E-state index contributed by atoms with van der Waals surface area (Å²) in [6.45, 7) is 5.95. The van der Waals surface area contributed by atoms with Gasteiger partial charge in [0.2, 0.25) is 0 Å². The average molecular weight is 414 g/mol. The molecule has 1 heterocycles. The van der Waals surface area contributed by atoms with Crippen molar-refractivity contribution in [3.05, 3.63) is 54.1 Å². The fourth-order valence-electron chi connectivity index (χ4n) is 3.64. The third-order valence-corrected chi connectivity index (χ3v) is 5.42. The van der Waals surface area contributed by atoms with Crippen LogP contribution in [-0.4, -0.2) is 59.5 Å². The number of likely N-dealkylation sites (tertiary alicyclic amines) is 1. The fraction of sp³-hybridized carbons (Fsp3) is 0.435. The van der Waals surface area contributed by atoms with Crippen LogP contribution in [-0.2, 0) is 11.3 Å². The van der Waals surface area contributed by atoms with Crippen LogP contribution < -0.4 is 15.5 Å². The van der Waals surface area contributed by atoms with E-state index in [0.717, 1.165) is 29.0 Å². The van der Waals surface area contributed by atoms with Gasteiger partial charge in [-0.1, -0.05) is 36.4 Å². The van der Waals surface area contributed by atoms with E-state index in [-0.39, 0.29) is 0 Å². The molecule has 3 rings (SSSR count). The molecule has 1 saturated heterocycles. The summed E-state index contributed by atoms with van der Waals surface area (Å²) in [7, 11) is 0. The van der Waals surface area contributed by atoms with Gasteiger partial charge in [-0.15, -0.1) is 0 Å². The largest absolute Gasteiger partial charge is 0.492 e. The Kier molecular flexibility index (Phi) is 8.21. The standard InChI is InChI=1S/C23H31N3O4/c1-17(27)22(23(28)25-29)24-16-18-4-6-19(7-5-18)20-8-10-21(11-9-20)30-15-14-26-12-2-3-13-26/h4-11,17,22,24,27,29H,2-3,12-16H2,1H3,(H,25,28)/t17-,22+/m1/s1. The van der Waals surface area contributed by atoms with E-state index in [0.29, 0.717) is 13.2 Å². The van der Waals surface area contributed by atoms with Crippen molar-refractivity contribution in [1.29, 1.82) is 0 Å². The van der Waals surface area contributed by atoms with Crippen LogP contribution >= 0.6 is 0 Å².